The molecule has 1 aromatic rings. The summed E-state index contributed by atoms with van der Waals surface area (Å²) in [4.78, 5) is 35.8. The van der Waals surface area contributed by atoms with Gasteiger partial charge in [0, 0.05) is 19.0 Å². The van der Waals surface area contributed by atoms with Crippen LogP contribution in [0.5, 0.6) is 0 Å². The lowest BCUT2D eigenvalue weighted by molar-refractivity contribution is -0.156. The number of benzene rings is 1. The van der Waals surface area contributed by atoms with Crippen LogP contribution >= 0.6 is 0 Å². The lowest BCUT2D eigenvalue weighted by Gasteiger charge is -2.18. The van der Waals surface area contributed by atoms with E-state index in [1.165, 1.54) is 19.9 Å². The maximum atomic E-state index is 12.3. The van der Waals surface area contributed by atoms with Gasteiger partial charge in [-0.2, -0.15) is 0 Å². The van der Waals surface area contributed by atoms with Gasteiger partial charge in [0.05, 0.1) is 0 Å². The summed E-state index contributed by atoms with van der Waals surface area (Å²) in [6, 6.07) is 8.06. The first-order valence-electron chi connectivity index (χ1n) is 8.37. The van der Waals surface area contributed by atoms with Crippen molar-refractivity contribution in [1.29, 1.82) is 0 Å². The normalized spacial score (nSPS) is 15.5. The monoisotopic (exact) mass is 332 g/mol. The molecule has 0 radical (unpaired) electrons. The van der Waals surface area contributed by atoms with Crippen molar-refractivity contribution in [2.75, 3.05) is 7.05 Å². The molecule has 0 bridgehead atoms. The molecular weight excluding hydrogens is 308 g/mol. The first-order chi connectivity index (χ1) is 11.6. The highest BCUT2D eigenvalue weighted by atomic mass is 16.5. The van der Waals surface area contributed by atoms with Crippen LogP contribution in [0.2, 0.25) is 0 Å². The zero-order valence-corrected chi connectivity index (χ0v) is 13.9. The fourth-order valence-corrected chi connectivity index (χ4v) is 2.95. The van der Waals surface area contributed by atoms with Crippen molar-refractivity contribution in [2.24, 2.45) is 5.92 Å². The highest BCUT2D eigenvalue weighted by molar-refractivity contribution is 5.97. The molecule has 1 aliphatic rings. The van der Waals surface area contributed by atoms with Crippen LogP contribution in [-0.4, -0.2) is 25.0 Å². The van der Waals surface area contributed by atoms with Crippen LogP contribution in [-0.2, 0) is 14.3 Å². The number of urea groups is 1. The zero-order valence-electron chi connectivity index (χ0n) is 13.9. The van der Waals surface area contributed by atoms with E-state index in [4.69, 9.17) is 4.74 Å². The molecule has 3 amide bonds. The van der Waals surface area contributed by atoms with E-state index >= 15 is 0 Å². The second-order valence-electron chi connectivity index (χ2n) is 6.04. The molecule has 0 saturated heterocycles. The van der Waals surface area contributed by atoms with E-state index in [2.05, 4.69) is 10.6 Å². The van der Waals surface area contributed by atoms with Gasteiger partial charge < -0.3 is 10.1 Å². The van der Waals surface area contributed by atoms with Crippen LogP contribution < -0.4 is 10.6 Å². The minimum Gasteiger partial charge on any atom is -0.447 e. The van der Waals surface area contributed by atoms with Crippen molar-refractivity contribution >= 4 is 17.9 Å². The lowest BCUT2D eigenvalue weighted by atomic mass is 10.0. The second-order valence-corrected chi connectivity index (χ2v) is 6.04. The van der Waals surface area contributed by atoms with E-state index in [1.807, 2.05) is 0 Å². The molecule has 2 rings (SSSR count). The van der Waals surface area contributed by atoms with Gasteiger partial charge in [-0.15, -0.1) is 0 Å². The van der Waals surface area contributed by atoms with Crippen molar-refractivity contribution < 1.29 is 19.1 Å². The molecule has 2 N–H and O–H groups in total. The average molecular weight is 332 g/mol. The van der Waals surface area contributed by atoms with Gasteiger partial charge in [-0.05, 0) is 12.3 Å². The van der Waals surface area contributed by atoms with Crippen LogP contribution in [0.4, 0.5) is 4.79 Å². The molecule has 1 aliphatic carbocycles. The quantitative estimate of drug-likeness (QED) is 0.785. The van der Waals surface area contributed by atoms with Crippen LogP contribution in [0.15, 0.2) is 30.3 Å². The van der Waals surface area contributed by atoms with Crippen molar-refractivity contribution in [3.05, 3.63) is 35.9 Å². The smallest absolute Gasteiger partial charge is 0.321 e. The number of nitrogens with one attached hydrogen (secondary N) is 2. The molecule has 1 atom stereocenters. The van der Waals surface area contributed by atoms with E-state index in [1.54, 1.807) is 30.3 Å². The molecule has 0 heterocycles. The Morgan fingerprint density at radius 2 is 1.83 bits per heavy atom. The van der Waals surface area contributed by atoms with Gasteiger partial charge in [0.1, 0.15) is 0 Å². The van der Waals surface area contributed by atoms with Gasteiger partial charge in [-0.25, -0.2) is 4.79 Å². The summed E-state index contributed by atoms with van der Waals surface area (Å²) >= 11 is 0. The first kappa shape index (κ1) is 18.0. The minimum absolute atomic E-state index is 0.293. The van der Waals surface area contributed by atoms with E-state index < -0.39 is 24.0 Å². The lowest BCUT2D eigenvalue weighted by Crippen LogP contribution is -2.41. The zero-order chi connectivity index (χ0) is 17.4. The largest absolute Gasteiger partial charge is 0.447 e. The number of rotatable bonds is 6. The van der Waals surface area contributed by atoms with Crippen LogP contribution in [0.1, 0.15) is 50.2 Å². The Hall–Kier alpha value is -2.37. The maximum Gasteiger partial charge on any atom is 0.321 e. The first-order valence-corrected chi connectivity index (χ1v) is 8.37. The summed E-state index contributed by atoms with van der Waals surface area (Å²) in [5.41, 5.74) is 0.535. The van der Waals surface area contributed by atoms with Crippen molar-refractivity contribution in [3.8, 4) is 0 Å². The fourth-order valence-electron chi connectivity index (χ4n) is 2.95. The number of hydrogen-bond donors (Lipinski definition) is 2. The summed E-state index contributed by atoms with van der Waals surface area (Å²) in [6.07, 6.45) is 4.72. The van der Waals surface area contributed by atoms with Gasteiger partial charge in [0.2, 0.25) is 6.10 Å². The Balaban J connectivity index is 1.98. The molecule has 1 fully saturated rings. The third-order valence-corrected chi connectivity index (χ3v) is 4.28. The summed E-state index contributed by atoms with van der Waals surface area (Å²) < 4.78 is 5.37. The molecule has 130 valence electrons. The Labute approximate surface area is 142 Å². The molecule has 1 aromatic carbocycles. The Kier molecular flexibility index (Phi) is 6.78. The summed E-state index contributed by atoms with van der Waals surface area (Å²) in [5.74, 6) is -0.495. The van der Waals surface area contributed by atoms with Crippen molar-refractivity contribution in [1.82, 2.24) is 10.6 Å². The van der Waals surface area contributed by atoms with E-state index in [-0.39, 0.29) is 0 Å². The molecule has 6 heteroatoms. The second kappa shape index (κ2) is 9.05. The molecule has 0 aliphatic heterocycles. The summed E-state index contributed by atoms with van der Waals surface area (Å²) in [6.45, 7) is 0. The Morgan fingerprint density at radius 1 is 1.17 bits per heavy atom. The van der Waals surface area contributed by atoms with Gasteiger partial charge in [0.25, 0.3) is 5.91 Å². The van der Waals surface area contributed by atoms with Crippen LogP contribution in [0.25, 0.3) is 0 Å². The topological polar surface area (TPSA) is 84.5 Å². The highest BCUT2D eigenvalue weighted by Gasteiger charge is 2.26. The summed E-state index contributed by atoms with van der Waals surface area (Å²) in [5, 5.41) is 4.47. The van der Waals surface area contributed by atoms with Crippen LogP contribution in [0, 0.1) is 5.92 Å². The maximum absolute atomic E-state index is 12.3. The summed E-state index contributed by atoms with van der Waals surface area (Å²) in [7, 11) is 1.41. The van der Waals surface area contributed by atoms with Crippen LogP contribution in [0.3, 0.4) is 0 Å². The predicted octanol–water partition coefficient (Wildman–Crippen LogP) is 2.70. The fraction of sp³-hybridized carbons (Fsp3) is 0.500. The average Bonchev–Trinajstić information content (AvgIpc) is 3.12. The molecule has 1 saturated carbocycles. The molecule has 24 heavy (non-hydrogen) atoms. The predicted molar refractivity (Wildman–Crippen MR) is 89.1 cm³/mol. The molecule has 0 spiro atoms. The molecule has 1 unspecified atom stereocenters. The van der Waals surface area contributed by atoms with Gasteiger partial charge in [-0.1, -0.05) is 56.0 Å². The molecule has 6 nitrogen and oxygen atoms in total. The Morgan fingerprint density at radius 3 is 2.46 bits per heavy atom. The highest BCUT2D eigenvalue weighted by Crippen LogP contribution is 2.29. The number of esters is 1. The minimum atomic E-state index is -1.13. The number of hydrogen-bond acceptors (Lipinski definition) is 4. The van der Waals surface area contributed by atoms with E-state index in [9.17, 15) is 14.4 Å². The number of ether oxygens (including phenoxy) is 1. The SMILES string of the molecule is CNC(=O)NC(=O)C(OC(=O)CCC1CCCC1)c1ccccc1. The third-order valence-electron chi connectivity index (χ3n) is 4.28. The van der Waals surface area contributed by atoms with E-state index in [0.29, 0.717) is 17.9 Å². The standard InChI is InChI=1S/C18H24N2O4/c1-19-18(23)20-17(22)16(14-9-3-2-4-10-14)24-15(21)12-11-13-7-5-6-8-13/h2-4,9-10,13,16H,5-8,11-12H2,1H3,(H2,19,20,22,23). The molecule has 0 aromatic heterocycles. The van der Waals surface area contributed by atoms with Gasteiger partial charge in [0.15, 0.2) is 0 Å². The Bertz CT molecular complexity index is 568. The molecular formula is C18H24N2O4. The third kappa shape index (κ3) is 5.37. The van der Waals surface area contributed by atoms with Crippen molar-refractivity contribution in [3.63, 3.8) is 0 Å². The number of carbonyl (C=O) groups is 3. The van der Waals surface area contributed by atoms with E-state index in [0.717, 1.165) is 19.3 Å². The van der Waals surface area contributed by atoms with Gasteiger partial charge >= 0.3 is 12.0 Å². The number of amides is 3. The van der Waals surface area contributed by atoms with Crippen molar-refractivity contribution in [2.45, 2.75) is 44.6 Å². The van der Waals surface area contributed by atoms with Gasteiger partial charge in [-0.3, -0.25) is 14.9 Å². The number of carbonyl (C=O) groups excluding carboxylic acids is 3. The number of imide groups is 1.